The quantitative estimate of drug-likeness (QED) is 0.881. The van der Waals surface area contributed by atoms with Crippen LogP contribution in [-0.4, -0.2) is 10.9 Å². The molecule has 0 aliphatic heterocycles. The topological polar surface area (TPSA) is 37.3 Å². The molecule has 1 N–H and O–H groups in total. The Hall–Kier alpha value is -1.31. The second-order valence-electron chi connectivity index (χ2n) is 7.34. The molecular formula is C17H26O2. The van der Waals surface area contributed by atoms with Gasteiger partial charge in [0.25, 0.3) is 0 Å². The van der Waals surface area contributed by atoms with Gasteiger partial charge in [0.05, 0.1) is 0 Å². The highest BCUT2D eigenvalue weighted by molar-refractivity contribution is 5.79. The lowest BCUT2D eigenvalue weighted by Crippen LogP contribution is -2.25. The molecule has 0 atom stereocenters. The van der Waals surface area contributed by atoms with E-state index in [2.05, 4.69) is 34.6 Å². The highest BCUT2D eigenvalue weighted by Gasteiger charge is 2.27. The Bertz CT molecular complexity index is 465. The summed E-state index contributed by atoms with van der Waals surface area (Å²) in [6.45, 7) is 12.7. The molecule has 0 aliphatic carbocycles. The fraction of sp³-hybridized carbons (Fsp3) is 0.588. The van der Waals surface area contributed by atoms with Crippen molar-refractivity contribution in [1.82, 2.24) is 0 Å². The van der Waals surface area contributed by atoms with E-state index in [1.807, 2.05) is 12.1 Å². The van der Waals surface area contributed by atoms with Crippen LogP contribution in [0, 0.1) is 5.41 Å². The van der Waals surface area contributed by atoms with Gasteiger partial charge in [0.1, 0.15) is 11.5 Å². The third-order valence-electron chi connectivity index (χ3n) is 3.27. The standard InChI is InChI=1S/C17H26O2/c1-12(18)9-13-10-14(7-8-15(13)19)17(5,6)11-16(2,3)4/h7-8,10,19H,9,11H2,1-6H3. The van der Waals surface area contributed by atoms with Crippen molar-refractivity contribution in [3.8, 4) is 5.75 Å². The second-order valence-corrected chi connectivity index (χ2v) is 7.34. The predicted octanol–water partition coefficient (Wildman–Crippen LogP) is 4.24. The van der Waals surface area contributed by atoms with E-state index in [1.54, 1.807) is 13.0 Å². The molecule has 1 aromatic rings. The maximum atomic E-state index is 11.2. The summed E-state index contributed by atoms with van der Waals surface area (Å²) in [4.78, 5) is 11.2. The molecule has 0 unspecified atom stereocenters. The molecule has 19 heavy (non-hydrogen) atoms. The van der Waals surface area contributed by atoms with Crippen LogP contribution in [0.4, 0.5) is 0 Å². The summed E-state index contributed by atoms with van der Waals surface area (Å²) in [6.07, 6.45) is 1.34. The second kappa shape index (κ2) is 5.36. The first kappa shape index (κ1) is 15.7. The molecule has 0 bridgehead atoms. The van der Waals surface area contributed by atoms with Gasteiger partial charge in [-0.05, 0) is 35.8 Å². The fourth-order valence-electron chi connectivity index (χ4n) is 2.84. The summed E-state index contributed by atoms with van der Waals surface area (Å²) < 4.78 is 0. The van der Waals surface area contributed by atoms with Crippen molar-refractivity contribution in [3.05, 3.63) is 29.3 Å². The van der Waals surface area contributed by atoms with Crippen LogP contribution in [0.15, 0.2) is 18.2 Å². The van der Waals surface area contributed by atoms with Crippen molar-refractivity contribution < 1.29 is 9.90 Å². The van der Waals surface area contributed by atoms with Gasteiger partial charge in [-0.1, -0.05) is 46.8 Å². The lowest BCUT2D eigenvalue weighted by atomic mass is 9.72. The summed E-state index contributed by atoms with van der Waals surface area (Å²) in [5.41, 5.74) is 2.17. The van der Waals surface area contributed by atoms with Gasteiger partial charge in [-0.25, -0.2) is 0 Å². The summed E-state index contributed by atoms with van der Waals surface area (Å²) >= 11 is 0. The van der Waals surface area contributed by atoms with Crippen LogP contribution >= 0.6 is 0 Å². The van der Waals surface area contributed by atoms with E-state index in [-0.39, 0.29) is 22.4 Å². The summed E-state index contributed by atoms with van der Waals surface area (Å²) in [6, 6.07) is 5.64. The molecular weight excluding hydrogens is 236 g/mol. The number of benzene rings is 1. The lowest BCUT2D eigenvalue weighted by molar-refractivity contribution is -0.116. The Kier molecular flexibility index (Phi) is 4.44. The van der Waals surface area contributed by atoms with Crippen molar-refractivity contribution in [1.29, 1.82) is 0 Å². The zero-order valence-corrected chi connectivity index (χ0v) is 13.0. The molecule has 1 aromatic carbocycles. The summed E-state index contributed by atoms with van der Waals surface area (Å²) in [5, 5.41) is 9.83. The number of ketones is 1. The largest absolute Gasteiger partial charge is 0.508 e. The van der Waals surface area contributed by atoms with Gasteiger partial charge in [-0.15, -0.1) is 0 Å². The Labute approximate surface area is 116 Å². The molecule has 0 heterocycles. The highest BCUT2D eigenvalue weighted by atomic mass is 16.3. The van der Waals surface area contributed by atoms with E-state index in [1.165, 1.54) is 5.56 Å². The first-order valence-electron chi connectivity index (χ1n) is 6.83. The van der Waals surface area contributed by atoms with Crippen LogP contribution in [0.25, 0.3) is 0 Å². The van der Waals surface area contributed by atoms with Gasteiger partial charge in [-0.3, -0.25) is 4.79 Å². The number of hydrogen-bond acceptors (Lipinski definition) is 2. The van der Waals surface area contributed by atoms with E-state index in [0.29, 0.717) is 6.42 Å². The molecule has 1 rings (SSSR count). The molecule has 0 spiro atoms. The monoisotopic (exact) mass is 262 g/mol. The minimum atomic E-state index is 0.0253. The van der Waals surface area contributed by atoms with Crippen LogP contribution in [0.3, 0.4) is 0 Å². The molecule has 0 aliphatic rings. The molecule has 0 amide bonds. The number of carbonyl (C=O) groups is 1. The van der Waals surface area contributed by atoms with Gasteiger partial charge in [-0.2, -0.15) is 0 Å². The van der Waals surface area contributed by atoms with E-state index in [4.69, 9.17) is 0 Å². The van der Waals surface area contributed by atoms with Crippen LogP contribution in [0.5, 0.6) is 5.75 Å². The Morgan fingerprint density at radius 1 is 1.16 bits per heavy atom. The van der Waals surface area contributed by atoms with E-state index >= 15 is 0 Å². The van der Waals surface area contributed by atoms with Crippen molar-refractivity contribution >= 4 is 5.78 Å². The number of phenolic OH excluding ortho intramolecular Hbond substituents is 1. The molecule has 0 aromatic heterocycles. The van der Waals surface area contributed by atoms with Crippen molar-refractivity contribution in [3.63, 3.8) is 0 Å². The van der Waals surface area contributed by atoms with Crippen LogP contribution in [0.2, 0.25) is 0 Å². The summed E-state index contributed by atoms with van der Waals surface area (Å²) in [7, 11) is 0. The normalized spacial score (nSPS) is 12.5. The Morgan fingerprint density at radius 2 is 1.74 bits per heavy atom. The SMILES string of the molecule is CC(=O)Cc1cc(C(C)(C)CC(C)(C)C)ccc1O. The lowest BCUT2D eigenvalue weighted by Gasteiger charge is -2.33. The molecule has 0 saturated carbocycles. The average molecular weight is 262 g/mol. The van der Waals surface area contributed by atoms with Crippen molar-refractivity contribution in [2.24, 2.45) is 5.41 Å². The third kappa shape index (κ3) is 4.70. The number of aromatic hydroxyl groups is 1. The first-order chi connectivity index (χ1) is 8.51. The number of Topliss-reactive ketones (excluding diaryl/α,β-unsaturated/α-hetero) is 1. The van der Waals surface area contributed by atoms with Crippen molar-refractivity contribution in [2.75, 3.05) is 0 Å². The number of carbonyl (C=O) groups excluding carboxylic acids is 1. The van der Waals surface area contributed by atoms with Crippen LogP contribution in [-0.2, 0) is 16.6 Å². The average Bonchev–Trinajstić information content (AvgIpc) is 2.16. The molecule has 0 saturated heterocycles. The third-order valence-corrected chi connectivity index (χ3v) is 3.27. The highest BCUT2D eigenvalue weighted by Crippen LogP contribution is 2.37. The Balaban J connectivity index is 3.10. The van der Waals surface area contributed by atoms with Gasteiger partial charge < -0.3 is 5.11 Å². The van der Waals surface area contributed by atoms with Crippen LogP contribution < -0.4 is 0 Å². The number of phenols is 1. The first-order valence-corrected chi connectivity index (χ1v) is 6.83. The fourth-order valence-corrected chi connectivity index (χ4v) is 2.84. The van der Waals surface area contributed by atoms with E-state index in [0.717, 1.165) is 12.0 Å². The Morgan fingerprint density at radius 3 is 2.21 bits per heavy atom. The van der Waals surface area contributed by atoms with Gasteiger partial charge >= 0.3 is 0 Å². The maximum absolute atomic E-state index is 11.2. The molecule has 106 valence electrons. The van der Waals surface area contributed by atoms with Crippen molar-refractivity contribution in [2.45, 2.75) is 59.8 Å². The van der Waals surface area contributed by atoms with E-state index in [9.17, 15) is 9.90 Å². The minimum Gasteiger partial charge on any atom is -0.508 e. The predicted molar refractivity (Wildman–Crippen MR) is 79.6 cm³/mol. The van der Waals surface area contributed by atoms with Gasteiger partial charge in [0.15, 0.2) is 0 Å². The van der Waals surface area contributed by atoms with Gasteiger partial charge in [0.2, 0.25) is 0 Å². The summed E-state index contributed by atoms with van der Waals surface area (Å²) in [5.74, 6) is 0.284. The zero-order chi connectivity index (χ0) is 14.8. The van der Waals surface area contributed by atoms with Gasteiger partial charge in [0, 0.05) is 12.0 Å². The zero-order valence-electron chi connectivity index (χ0n) is 13.0. The molecule has 0 fully saturated rings. The smallest absolute Gasteiger partial charge is 0.134 e. The van der Waals surface area contributed by atoms with E-state index < -0.39 is 0 Å². The number of hydrogen-bond donors (Lipinski definition) is 1. The molecule has 0 radical (unpaired) electrons. The molecule has 2 nitrogen and oxygen atoms in total. The molecule has 2 heteroatoms. The number of rotatable bonds is 4. The minimum absolute atomic E-state index is 0.0253. The van der Waals surface area contributed by atoms with Crippen LogP contribution in [0.1, 0.15) is 59.1 Å². The maximum Gasteiger partial charge on any atom is 0.134 e.